The van der Waals surface area contributed by atoms with Crippen LogP contribution in [0.2, 0.25) is 0 Å². The number of ether oxygens (including phenoxy) is 2. The van der Waals surface area contributed by atoms with E-state index in [0.29, 0.717) is 0 Å². The summed E-state index contributed by atoms with van der Waals surface area (Å²) in [6.07, 6.45) is -11.0. The molecule has 152 valence electrons. The Kier molecular flexibility index (Phi) is 5.86. The number of hydrogen-bond acceptors (Lipinski definition) is 3. The zero-order valence-electron chi connectivity index (χ0n) is 13.5. The second-order valence-electron chi connectivity index (χ2n) is 5.36. The van der Waals surface area contributed by atoms with Gasteiger partial charge in [-0.2, -0.15) is 35.1 Å². The minimum atomic E-state index is -6.69. The molecule has 0 heterocycles. The second kappa shape index (κ2) is 7.64. The number of hydrogen-bond donors (Lipinski definition) is 0. The van der Waals surface area contributed by atoms with Crippen LogP contribution < -0.4 is 9.47 Å². The highest BCUT2D eigenvalue weighted by atomic mass is 19.4. The largest absolute Gasteiger partial charge is 0.460 e. The van der Waals surface area contributed by atoms with E-state index in [1.54, 1.807) is 18.2 Å². The molecular weight excluding hydrogens is 404 g/mol. The van der Waals surface area contributed by atoms with Crippen LogP contribution in [0.3, 0.4) is 0 Å². The predicted molar refractivity (Wildman–Crippen MR) is 79.3 cm³/mol. The first-order valence-electron chi connectivity index (χ1n) is 7.36. The number of alkyl halides is 8. The Labute approximate surface area is 152 Å². The molecule has 2 aromatic carbocycles. The fourth-order valence-corrected chi connectivity index (χ4v) is 1.85. The molecule has 0 N–H and O–H groups in total. The van der Waals surface area contributed by atoms with E-state index in [2.05, 4.69) is 4.74 Å². The normalized spacial score (nSPS) is 13.7. The van der Waals surface area contributed by atoms with Gasteiger partial charge in [-0.15, -0.1) is 0 Å². The molecule has 1 unspecified atom stereocenters. The number of carbonyl (C=O) groups excluding carboxylic acids is 1. The first kappa shape index (κ1) is 21.5. The van der Waals surface area contributed by atoms with Crippen molar-refractivity contribution in [3.05, 3.63) is 60.2 Å². The summed E-state index contributed by atoms with van der Waals surface area (Å²) in [5.41, 5.74) is -0.140. The number of para-hydroxylation sites is 1. The molecule has 0 amide bonds. The fraction of sp³-hybridized carbons (Fsp3) is 0.235. The number of halogens is 8. The van der Waals surface area contributed by atoms with Gasteiger partial charge in [-0.05, 0) is 36.4 Å². The molecule has 0 fully saturated rings. The van der Waals surface area contributed by atoms with Gasteiger partial charge in [0.1, 0.15) is 11.5 Å². The van der Waals surface area contributed by atoms with Crippen LogP contribution in [0.5, 0.6) is 11.5 Å². The lowest BCUT2D eigenvalue weighted by Gasteiger charge is -2.30. The standard InChI is InChI=1S/C17H10F8O3/c18-14(15(19,20)16(21,22)17(23,24)25)28-12-8-6-10(7-9-12)13(26)27-11-4-2-1-3-5-11/h1-9,14H. The summed E-state index contributed by atoms with van der Waals surface area (Å²) in [4.78, 5) is 11.9. The minimum Gasteiger partial charge on any atom is -0.454 e. The summed E-state index contributed by atoms with van der Waals surface area (Å²) >= 11 is 0. The molecule has 2 rings (SSSR count). The van der Waals surface area contributed by atoms with Crippen LogP contribution >= 0.6 is 0 Å². The lowest BCUT2D eigenvalue weighted by atomic mass is 10.1. The first-order valence-corrected chi connectivity index (χ1v) is 7.36. The summed E-state index contributed by atoms with van der Waals surface area (Å²) in [5.74, 6) is -14.3. The summed E-state index contributed by atoms with van der Waals surface area (Å²) in [5, 5.41) is 0. The molecule has 0 spiro atoms. The minimum absolute atomic E-state index is 0.140. The van der Waals surface area contributed by atoms with Crippen molar-refractivity contribution in [1.29, 1.82) is 0 Å². The molecule has 0 aliphatic carbocycles. The number of esters is 1. The average molecular weight is 414 g/mol. The van der Waals surface area contributed by atoms with Gasteiger partial charge in [-0.3, -0.25) is 0 Å². The summed E-state index contributed by atoms with van der Waals surface area (Å²) < 4.78 is 110. The molecule has 1 atom stereocenters. The van der Waals surface area contributed by atoms with E-state index in [0.717, 1.165) is 24.3 Å². The van der Waals surface area contributed by atoms with Gasteiger partial charge in [0, 0.05) is 0 Å². The predicted octanol–water partition coefficient (Wildman–Crippen LogP) is 5.41. The Morgan fingerprint density at radius 2 is 1.32 bits per heavy atom. The molecule has 0 saturated heterocycles. The van der Waals surface area contributed by atoms with E-state index >= 15 is 0 Å². The molecule has 11 heteroatoms. The van der Waals surface area contributed by atoms with E-state index in [1.165, 1.54) is 12.1 Å². The molecule has 0 bridgehead atoms. The molecule has 0 aliphatic heterocycles. The number of carbonyl (C=O) groups is 1. The molecular formula is C17H10F8O3. The quantitative estimate of drug-likeness (QED) is 0.360. The van der Waals surface area contributed by atoms with Crippen molar-refractivity contribution >= 4 is 5.97 Å². The van der Waals surface area contributed by atoms with Gasteiger partial charge in [0.25, 0.3) is 0 Å². The van der Waals surface area contributed by atoms with Crippen molar-refractivity contribution < 1.29 is 49.4 Å². The zero-order chi connectivity index (χ0) is 21.2. The summed E-state index contributed by atoms with van der Waals surface area (Å²) in [7, 11) is 0. The molecule has 2 aromatic rings. The number of benzene rings is 2. The Morgan fingerprint density at radius 3 is 1.82 bits per heavy atom. The van der Waals surface area contributed by atoms with Gasteiger partial charge < -0.3 is 9.47 Å². The molecule has 0 radical (unpaired) electrons. The molecule has 3 nitrogen and oxygen atoms in total. The third-order valence-electron chi connectivity index (χ3n) is 3.34. The Hall–Kier alpha value is -2.85. The van der Waals surface area contributed by atoms with Crippen LogP contribution in [0, 0.1) is 0 Å². The van der Waals surface area contributed by atoms with Crippen molar-refractivity contribution in [3.63, 3.8) is 0 Å². The summed E-state index contributed by atoms with van der Waals surface area (Å²) in [6.45, 7) is 0. The second-order valence-corrected chi connectivity index (χ2v) is 5.36. The summed E-state index contributed by atoms with van der Waals surface area (Å²) in [6, 6.07) is 11.1. The highest BCUT2D eigenvalue weighted by Crippen LogP contribution is 2.49. The van der Waals surface area contributed by atoms with Crippen molar-refractivity contribution in [2.45, 2.75) is 24.4 Å². The maximum absolute atomic E-state index is 13.4. The smallest absolute Gasteiger partial charge is 0.454 e. The van der Waals surface area contributed by atoms with Gasteiger partial charge in [0.05, 0.1) is 5.56 Å². The van der Waals surface area contributed by atoms with Crippen LogP contribution in [0.25, 0.3) is 0 Å². The Morgan fingerprint density at radius 1 is 0.786 bits per heavy atom. The third-order valence-corrected chi connectivity index (χ3v) is 3.34. The highest BCUT2D eigenvalue weighted by Gasteiger charge is 2.77. The van der Waals surface area contributed by atoms with E-state index in [1.807, 2.05) is 0 Å². The van der Waals surface area contributed by atoms with E-state index in [9.17, 15) is 39.9 Å². The highest BCUT2D eigenvalue weighted by molar-refractivity contribution is 5.91. The number of rotatable bonds is 6. The van der Waals surface area contributed by atoms with Gasteiger partial charge in [-0.25, -0.2) is 4.79 Å². The Balaban J connectivity index is 2.08. The molecule has 0 saturated carbocycles. The zero-order valence-corrected chi connectivity index (χ0v) is 13.5. The van der Waals surface area contributed by atoms with Gasteiger partial charge >= 0.3 is 30.3 Å². The third kappa shape index (κ3) is 4.34. The van der Waals surface area contributed by atoms with Crippen molar-refractivity contribution in [2.75, 3.05) is 0 Å². The topological polar surface area (TPSA) is 35.5 Å². The van der Waals surface area contributed by atoms with Gasteiger partial charge in [0.15, 0.2) is 0 Å². The first-order chi connectivity index (χ1) is 12.9. The monoisotopic (exact) mass is 414 g/mol. The van der Waals surface area contributed by atoms with Crippen LogP contribution in [0.4, 0.5) is 35.1 Å². The lowest BCUT2D eigenvalue weighted by molar-refractivity contribution is -0.379. The van der Waals surface area contributed by atoms with Crippen LogP contribution in [0.15, 0.2) is 54.6 Å². The van der Waals surface area contributed by atoms with Crippen molar-refractivity contribution in [3.8, 4) is 11.5 Å². The molecule has 28 heavy (non-hydrogen) atoms. The van der Waals surface area contributed by atoms with E-state index < -0.39 is 36.1 Å². The Bertz CT molecular complexity index is 803. The van der Waals surface area contributed by atoms with Gasteiger partial charge in [-0.1, -0.05) is 18.2 Å². The van der Waals surface area contributed by atoms with Crippen LogP contribution in [-0.2, 0) is 0 Å². The average Bonchev–Trinajstić information content (AvgIpc) is 2.62. The maximum atomic E-state index is 13.4. The van der Waals surface area contributed by atoms with Crippen LogP contribution in [0.1, 0.15) is 10.4 Å². The van der Waals surface area contributed by atoms with Gasteiger partial charge in [0.2, 0.25) is 0 Å². The maximum Gasteiger partial charge on any atom is 0.460 e. The SMILES string of the molecule is O=C(Oc1ccccc1)c1ccc(OC(F)C(F)(F)C(F)(F)C(F)(F)F)cc1. The van der Waals surface area contributed by atoms with Crippen molar-refractivity contribution in [2.24, 2.45) is 0 Å². The molecule has 0 aliphatic rings. The fourth-order valence-electron chi connectivity index (χ4n) is 1.85. The van der Waals surface area contributed by atoms with E-state index in [4.69, 9.17) is 4.74 Å². The molecule has 0 aromatic heterocycles. The lowest BCUT2D eigenvalue weighted by Crippen LogP contribution is -2.58. The van der Waals surface area contributed by atoms with Crippen LogP contribution in [-0.4, -0.2) is 30.3 Å². The van der Waals surface area contributed by atoms with Crippen molar-refractivity contribution in [1.82, 2.24) is 0 Å². The van der Waals surface area contributed by atoms with E-state index in [-0.39, 0.29) is 11.3 Å².